The highest BCUT2D eigenvalue weighted by atomic mass is 32.1. The van der Waals surface area contributed by atoms with E-state index in [1.165, 1.54) is 11.3 Å². The van der Waals surface area contributed by atoms with Crippen LogP contribution in [0.15, 0.2) is 67.3 Å². The second-order valence-electron chi connectivity index (χ2n) is 8.00. The van der Waals surface area contributed by atoms with E-state index in [2.05, 4.69) is 20.6 Å². The zero-order valence-corrected chi connectivity index (χ0v) is 18.8. The molecular weight excluding hydrogens is 422 g/mol. The quantitative estimate of drug-likeness (QED) is 0.428. The minimum atomic E-state index is -0.619. The minimum Gasteiger partial charge on any atom is -0.350 e. The van der Waals surface area contributed by atoms with Crippen LogP contribution in [0.1, 0.15) is 36.2 Å². The number of hydrogen-bond acceptors (Lipinski definition) is 5. The lowest BCUT2D eigenvalue weighted by Crippen LogP contribution is -2.47. The molecule has 7 nitrogen and oxygen atoms in total. The molecule has 164 valence electrons. The fourth-order valence-electron chi connectivity index (χ4n) is 3.39. The average Bonchev–Trinajstić information content (AvgIpc) is 3.46. The molecule has 0 aliphatic carbocycles. The Morgan fingerprint density at radius 3 is 2.66 bits per heavy atom. The van der Waals surface area contributed by atoms with Crippen LogP contribution in [0.2, 0.25) is 0 Å². The number of nitrogens with zero attached hydrogens (tertiary/aromatic N) is 3. The summed E-state index contributed by atoms with van der Waals surface area (Å²) in [4.78, 5) is 34.5. The summed E-state index contributed by atoms with van der Waals surface area (Å²) in [5.74, 6) is -0.229. The predicted octanol–water partition coefficient (Wildman–Crippen LogP) is 3.94. The summed E-state index contributed by atoms with van der Waals surface area (Å²) in [6, 6.07) is 12.4. The number of nitrogens with one attached hydrogen (secondary N) is 2. The molecule has 2 N–H and O–H groups in total. The Morgan fingerprint density at radius 2 is 1.94 bits per heavy atom. The number of aromatic nitrogens is 3. The summed E-state index contributed by atoms with van der Waals surface area (Å²) in [5, 5.41) is 6.66. The van der Waals surface area contributed by atoms with Gasteiger partial charge in [0.05, 0.1) is 10.2 Å². The molecule has 32 heavy (non-hydrogen) atoms. The second-order valence-corrected chi connectivity index (χ2v) is 9.01. The molecule has 4 aromatic rings. The molecule has 2 amide bonds. The van der Waals surface area contributed by atoms with Gasteiger partial charge in [-0.3, -0.25) is 14.6 Å². The van der Waals surface area contributed by atoms with Crippen LogP contribution >= 0.6 is 11.3 Å². The van der Waals surface area contributed by atoms with E-state index in [-0.39, 0.29) is 17.7 Å². The molecule has 3 heterocycles. The van der Waals surface area contributed by atoms with Crippen molar-refractivity contribution in [3.8, 4) is 5.13 Å². The van der Waals surface area contributed by atoms with E-state index in [0.29, 0.717) is 18.5 Å². The molecule has 1 unspecified atom stereocenters. The maximum atomic E-state index is 13.0. The van der Waals surface area contributed by atoms with Crippen molar-refractivity contribution >= 4 is 33.4 Å². The van der Waals surface area contributed by atoms with Crippen LogP contribution in [0.5, 0.6) is 0 Å². The van der Waals surface area contributed by atoms with Gasteiger partial charge in [0.2, 0.25) is 5.91 Å². The summed E-state index contributed by atoms with van der Waals surface area (Å²) >= 11 is 1.51. The minimum absolute atomic E-state index is 0.204. The second kappa shape index (κ2) is 9.74. The molecule has 4 rings (SSSR count). The Hall–Kier alpha value is -3.52. The first-order valence-electron chi connectivity index (χ1n) is 10.5. The normalized spacial score (nSPS) is 12.1. The van der Waals surface area contributed by atoms with Crippen LogP contribution in [0.25, 0.3) is 15.3 Å². The van der Waals surface area contributed by atoms with Gasteiger partial charge in [0.15, 0.2) is 5.13 Å². The van der Waals surface area contributed by atoms with Crippen molar-refractivity contribution < 1.29 is 9.59 Å². The topological polar surface area (TPSA) is 88.9 Å². The summed E-state index contributed by atoms with van der Waals surface area (Å²) in [5.41, 5.74) is 2.25. The fourth-order valence-corrected chi connectivity index (χ4v) is 4.36. The molecule has 1 aromatic carbocycles. The third-order valence-electron chi connectivity index (χ3n) is 4.98. The van der Waals surface area contributed by atoms with Gasteiger partial charge in [-0.2, -0.15) is 0 Å². The van der Waals surface area contributed by atoms with Crippen LogP contribution in [-0.4, -0.2) is 32.4 Å². The SMILES string of the molecule is CC(C)CC(NC(=O)c1ccc2nc(-n3cccc3)sc2c1)C(=O)NCc1cccnc1. The zero-order chi connectivity index (χ0) is 22.5. The van der Waals surface area contributed by atoms with E-state index in [0.717, 1.165) is 20.9 Å². The highest BCUT2D eigenvalue weighted by molar-refractivity contribution is 7.20. The Balaban J connectivity index is 1.47. The van der Waals surface area contributed by atoms with Crippen molar-refractivity contribution in [3.05, 3.63) is 78.4 Å². The molecule has 0 saturated carbocycles. The van der Waals surface area contributed by atoms with E-state index in [1.807, 2.05) is 67.2 Å². The van der Waals surface area contributed by atoms with Gasteiger partial charge in [0.1, 0.15) is 6.04 Å². The smallest absolute Gasteiger partial charge is 0.251 e. The zero-order valence-electron chi connectivity index (χ0n) is 18.0. The number of thiazole rings is 1. The number of carbonyl (C=O) groups excluding carboxylic acids is 2. The first kappa shape index (κ1) is 21.7. The van der Waals surface area contributed by atoms with Crippen LogP contribution in [-0.2, 0) is 11.3 Å². The van der Waals surface area contributed by atoms with E-state index < -0.39 is 6.04 Å². The molecule has 8 heteroatoms. The number of pyridine rings is 1. The molecule has 0 fully saturated rings. The Bertz CT molecular complexity index is 1200. The van der Waals surface area contributed by atoms with Crippen molar-refractivity contribution in [2.24, 2.45) is 5.92 Å². The van der Waals surface area contributed by atoms with Crippen molar-refractivity contribution in [2.75, 3.05) is 0 Å². The molecule has 3 aromatic heterocycles. The lowest BCUT2D eigenvalue weighted by Gasteiger charge is -2.20. The van der Waals surface area contributed by atoms with E-state index in [1.54, 1.807) is 18.5 Å². The molecular formula is C24H25N5O2S. The molecule has 1 atom stereocenters. The number of hydrogen-bond donors (Lipinski definition) is 2. The van der Waals surface area contributed by atoms with Crippen LogP contribution in [0.3, 0.4) is 0 Å². The summed E-state index contributed by atoms with van der Waals surface area (Å²) < 4.78 is 2.86. The molecule has 0 saturated heterocycles. The lowest BCUT2D eigenvalue weighted by atomic mass is 10.0. The third-order valence-corrected chi connectivity index (χ3v) is 6.01. The summed E-state index contributed by atoms with van der Waals surface area (Å²) in [7, 11) is 0. The van der Waals surface area contributed by atoms with Crippen LogP contribution in [0.4, 0.5) is 0 Å². The van der Waals surface area contributed by atoms with Gasteiger partial charge >= 0.3 is 0 Å². The number of rotatable bonds is 8. The Kier molecular flexibility index (Phi) is 6.61. The first-order valence-corrected chi connectivity index (χ1v) is 11.3. The maximum absolute atomic E-state index is 13.0. The number of benzene rings is 1. The number of carbonyl (C=O) groups is 2. The summed E-state index contributed by atoms with van der Waals surface area (Å²) in [6.07, 6.45) is 7.82. The fraction of sp³-hybridized carbons (Fsp3) is 0.250. The number of fused-ring (bicyclic) bond motifs is 1. The van der Waals surface area contributed by atoms with Crippen molar-refractivity contribution in [2.45, 2.75) is 32.9 Å². The van der Waals surface area contributed by atoms with Gasteiger partial charge in [0, 0.05) is 36.9 Å². The predicted molar refractivity (Wildman–Crippen MR) is 126 cm³/mol. The van der Waals surface area contributed by atoms with E-state index in [4.69, 9.17) is 0 Å². The largest absolute Gasteiger partial charge is 0.350 e. The van der Waals surface area contributed by atoms with Crippen LogP contribution < -0.4 is 10.6 Å². The van der Waals surface area contributed by atoms with Gasteiger partial charge in [0.25, 0.3) is 5.91 Å². The number of amides is 2. The molecule has 0 aliphatic heterocycles. The Labute approximate surface area is 190 Å². The van der Waals surface area contributed by atoms with Crippen molar-refractivity contribution in [1.29, 1.82) is 0 Å². The van der Waals surface area contributed by atoms with Crippen molar-refractivity contribution in [1.82, 2.24) is 25.2 Å². The highest BCUT2D eigenvalue weighted by Crippen LogP contribution is 2.26. The molecule has 0 aliphatic rings. The van der Waals surface area contributed by atoms with E-state index in [9.17, 15) is 9.59 Å². The Morgan fingerprint density at radius 1 is 1.12 bits per heavy atom. The van der Waals surface area contributed by atoms with Gasteiger partial charge in [-0.1, -0.05) is 31.3 Å². The summed E-state index contributed by atoms with van der Waals surface area (Å²) in [6.45, 7) is 4.42. The monoisotopic (exact) mass is 447 g/mol. The van der Waals surface area contributed by atoms with Crippen molar-refractivity contribution in [3.63, 3.8) is 0 Å². The standard InChI is InChI=1S/C24H25N5O2S/c1-16(2)12-20(23(31)26-15-17-6-5-9-25-14-17)27-22(30)18-7-8-19-21(13-18)32-24(28-19)29-10-3-4-11-29/h3-11,13-14,16,20H,12,15H2,1-2H3,(H,26,31)(H,27,30). The van der Waals surface area contributed by atoms with Gasteiger partial charge < -0.3 is 15.2 Å². The van der Waals surface area contributed by atoms with Gasteiger partial charge in [-0.05, 0) is 54.3 Å². The van der Waals surface area contributed by atoms with Gasteiger partial charge in [-0.15, -0.1) is 0 Å². The molecule has 0 spiro atoms. The first-order chi connectivity index (χ1) is 15.5. The van der Waals surface area contributed by atoms with E-state index >= 15 is 0 Å². The lowest BCUT2D eigenvalue weighted by molar-refractivity contribution is -0.123. The molecule has 0 bridgehead atoms. The third kappa shape index (κ3) is 5.20. The maximum Gasteiger partial charge on any atom is 0.251 e. The average molecular weight is 448 g/mol. The van der Waals surface area contributed by atoms with Crippen LogP contribution in [0, 0.1) is 5.92 Å². The molecule has 0 radical (unpaired) electrons. The van der Waals surface area contributed by atoms with Gasteiger partial charge in [-0.25, -0.2) is 4.98 Å². The highest BCUT2D eigenvalue weighted by Gasteiger charge is 2.23.